The number of aromatic carboxylic acids is 1. The van der Waals surface area contributed by atoms with Gasteiger partial charge in [-0.1, -0.05) is 0 Å². The van der Waals surface area contributed by atoms with E-state index in [0.717, 1.165) is 0 Å². The molecule has 3 amide bonds. The minimum atomic E-state index is -1.28. The second-order valence-electron chi connectivity index (χ2n) is 4.87. The maximum absolute atomic E-state index is 12.2. The third-order valence-electron chi connectivity index (χ3n) is 3.28. The number of anilines is 1. The first-order valence-corrected chi connectivity index (χ1v) is 6.45. The number of carbonyl (C=O) groups is 4. The monoisotopic (exact) mass is 314 g/mol. The standard InChI is InChI=1S/C14H10N4O5/c1-18-5-9(10(17-18)14(22)23)15-11(19)6-2-3-7-8(4-6)13(21)16-12(7)20/h2-5H,1H3,(H,15,19)(H,22,23)(H,16,20,21). The van der Waals surface area contributed by atoms with E-state index in [2.05, 4.69) is 15.7 Å². The predicted molar refractivity (Wildman–Crippen MR) is 76.4 cm³/mol. The number of amides is 3. The van der Waals surface area contributed by atoms with Crippen molar-refractivity contribution >= 4 is 29.4 Å². The van der Waals surface area contributed by atoms with Crippen molar-refractivity contribution in [3.63, 3.8) is 0 Å². The first-order valence-electron chi connectivity index (χ1n) is 6.45. The van der Waals surface area contributed by atoms with Crippen molar-refractivity contribution in [2.45, 2.75) is 0 Å². The molecule has 3 rings (SSSR count). The van der Waals surface area contributed by atoms with Crippen molar-refractivity contribution in [2.24, 2.45) is 7.05 Å². The van der Waals surface area contributed by atoms with Crippen LogP contribution in [0, 0.1) is 0 Å². The number of aromatic nitrogens is 2. The number of imide groups is 1. The van der Waals surface area contributed by atoms with Crippen LogP contribution in [-0.4, -0.2) is 38.6 Å². The fourth-order valence-corrected chi connectivity index (χ4v) is 2.24. The fraction of sp³-hybridized carbons (Fsp3) is 0.0714. The zero-order chi connectivity index (χ0) is 16.7. The number of rotatable bonds is 3. The van der Waals surface area contributed by atoms with Crippen LogP contribution < -0.4 is 10.6 Å². The average molecular weight is 314 g/mol. The van der Waals surface area contributed by atoms with E-state index < -0.39 is 23.7 Å². The van der Waals surface area contributed by atoms with E-state index in [-0.39, 0.29) is 28.1 Å². The lowest BCUT2D eigenvalue weighted by atomic mass is 10.1. The summed E-state index contributed by atoms with van der Waals surface area (Å²) in [4.78, 5) is 46.4. The Balaban J connectivity index is 1.91. The Morgan fingerprint density at radius 3 is 2.61 bits per heavy atom. The van der Waals surface area contributed by atoms with Crippen molar-refractivity contribution in [3.05, 3.63) is 46.8 Å². The van der Waals surface area contributed by atoms with Gasteiger partial charge in [-0.15, -0.1) is 0 Å². The Kier molecular flexibility index (Phi) is 3.17. The largest absolute Gasteiger partial charge is 0.476 e. The minimum absolute atomic E-state index is 0.0334. The second-order valence-corrected chi connectivity index (χ2v) is 4.87. The molecule has 0 unspecified atom stereocenters. The van der Waals surface area contributed by atoms with Gasteiger partial charge in [0.25, 0.3) is 17.7 Å². The van der Waals surface area contributed by atoms with Gasteiger partial charge in [0.15, 0.2) is 5.69 Å². The molecule has 3 N–H and O–H groups in total. The van der Waals surface area contributed by atoms with Gasteiger partial charge in [-0.2, -0.15) is 5.10 Å². The molecule has 1 aromatic heterocycles. The zero-order valence-electron chi connectivity index (χ0n) is 11.8. The van der Waals surface area contributed by atoms with Crippen LogP contribution >= 0.6 is 0 Å². The summed E-state index contributed by atoms with van der Waals surface area (Å²) in [5.41, 5.74) is 0.154. The molecular formula is C14H10N4O5. The number of carboxylic acid groups (broad SMARTS) is 1. The molecule has 0 atom stereocenters. The summed E-state index contributed by atoms with van der Waals surface area (Å²) in [5.74, 6) is -2.99. The van der Waals surface area contributed by atoms with E-state index in [9.17, 15) is 19.2 Å². The molecule has 23 heavy (non-hydrogen) atoms. The molecular weight excluding hydrogens is 304 g/mol. The summed E-state index contributed by atoms with van der Waals surface area (Å²) in [7, 11) is 1.52. The highest BCUT2D eigenvalue weighted by molar-refractivity contribution is 6.22. The summed E-state index contributed by atoms with van der Waals surface area (Å²) >= 11 is 0. The predicted octanol–water partition coefficient (Wildman–Crippen LogP) is 0.254. The molecule has 0 spiro atoms. The quantitative estimate of drug-likeness (QED) is 0.696. The van der Waals surface area contributed by atoms with Gasteiger partial charge in [-0.05, 0) is 18.2 Å². The summed E-state index contributed by atoms with van der Waals surface area (Å²) in [6, 6.07) is 4.02. The summed E-state index contributed by atoms with van der Waals surface area (Å²) in [6.07, 6.45) is 1.35. The lowest BCUT2D eigenvalue weighted by Crippen LogP contribution is -2.20. The molecule has 9 nitrogen and oxygen atoms in total. The summed E-state index contributed by atoms with van der Waals surface area (Å²) < 4.78 is 1.26. The Labute approximate surface area is 128 Å². The molecule has 1 aromatic carbocycles. The zero-order valence-corrected chi connectivity index (χ0v) is 11.8. The van der Waals surface area contributed by atoms with Gasteiger partial charge in [-0.25, -0.2) is 4.79 Å². The molecule has 2 heterocycles. The van der Waals surface area contributed by atoms with Gasteiger partial charge < -0.3 is 10.4 Å². The van der Waals surface area contributed by atoms with Crippen LogP contribution in [0.25, 0.3) is 0 Å². The molecule has 9 heteroatoms. The highest BCUT2D eigenvalue weighted by atomic mass is 16.4. The lowest BCUT2D eigenvalue weighted by Gasteiger charge is -2.04. The fourth-order valence-electron chi connectivity index (χ4n) is 2.24. The molecule has 1 aliphatic heterocycles. The number of aryl methyl sites for hydroxylation is 1. The van der Waals surface area contributed by atoms with Crippen LogP contribution in [0.2, 0.25) is 0 Å². The van der Waals surface area contributed by atoms with Crippen LogP contribution in [0.4, 0.5) is 5.69 Å². The molecule has 0 aliphatic carbocycles. The van der Waals surface area contributed by atoms with Crippen LogP contribution in [-0.2, 0) is 7.05 Å². The molecule has 1 aliphatic rings. The van der Waals surface area contributed by atoms with E-state index in [1.165, 1.54) is 36.1 Å². The molecule has 2 aromatic rings. The maximum atomic E-state index is 12.2. The van der Waals surface area contributed by atoms with Crippen LogP contribution in [0.5, 0.6) is 0 Å². The van der Waals surface area contributed by atoms with Crippen LogP contribution in [0.15, 0.2) is 24.4 Å². The Morgan fingerprint density at radius 2 is 1.91 bits per heavy atom. The number of fused-ring (bicyclic) bond motifs is 1. The van der Waals surface area contributed by atoms with Crippen LogP contribution in [0.3, 0.4) is 0 Å². The van der Waals surface area contributed by atoms with Crippen molar-refractivity contribution in [1.29, 1.82) is 0 Å². The molecule has 0 bridgehead atoms. The van der Waals surface area contributed by atoms with Crippen molar-refractivity contribution in [1.82, 2.24) is 15.1 Å². The molecule has 0 saturated heterocycles. The Hall–Kier alpha value is -3.49. The Morgan fingerprint density at radius 1 is 1.22 bits per heavy atom. The van der Waals surface area contributed by atoms with Crippen LogP contribution in [0.1, 0.15) is 41.6 Å². The molecule has 0 fully saturated rings. The van der Waals surface area contributed by atoms with Crippen molar-refractivity contribution < 1.29 is 24.3 Å². The minimum Gasteiger partial charge on any atom is -0.476 e. The lowest BCUT2D eigenvalue weighted by molar-refractivity contribution is 0.0690. The van der Waals surface area contributed by atoms with E-state index >= 15 is 0 Å². The Bertz CT molecular complexity index is 883. The first-order chi connectivity index (χ1) is 10.9. The van der Waals surface area contributed by atoms with E-state index in [0.29, 0.717) is 0 Å². The number of carboxylic acids is 1. The van der Waals surface area contributed by atoms with Gasteiger partial charge in [-0.3, -0.25) is 24.4 Å². The summed E-state index contributed by atoms with van der Waals surface area (Å²) in [5, 5.41) is 17.3. The molecule has 0 radical (unpaired) electrons. The van der Waals surface area contributed by atoms with Gasteiger partial charge in [0.05, 0.1) is 16.8 Å². The van der Waals surface area contributed by atoms with Gasteiger partial charge in [0.2, 0.25) is 0 Å². The maximum Gasteiger partial charge on any atom is 0.358 e. The SMILES string of the molecule is Cn1cc(NC(=O)c2ccc3c(c2)C(=O)NC3=O)c(C(=O)O)n1. The molecule has 0 saturated carbocycles. The first kappa shape index (κ1) is 14.4. The normalized spacial score (nSPS) is 12.7. The van der Waals surface area contributed by atoms with Gasteiger partial charge in [0.1, 0.15) is 0 Å². The highest BCUT2D eigenvalue weighted by Gasteiger charge is 2.27. The summed E-state index contributed by atoms with van der Waals surface area (Å²) in [6.45, 7) is 0. The van der Waals surface area contributed by atoms with E-state index in [1.807, 2.05) is 0 Å². The van der Waals surface area contributed by atoms with E-state index in [4.69, 9.17) is 5.11 Å². The second kappa shape index (κ2) is 5.05. The van der Waals surface area contributed by atoms with Crippen molar-refractivity contribution in [2.75, 3.05) is 5.32 Å². The average Bonchev–Trinajstić information content (AvgIpc) is 2.99. The number of hydrogen-bond donors (Lipinski definition) is 3. The number of benzene rings is 1. The van der Waals surface area contributed by atoms with Gasteiger partial charge >= 0.3 is 5.97 Å². The van der Waals surface area contributed by atoms with E-state index in [1.54, 1.807) is 0 Å². The third-order valence-corrected chi connectivity index (χ3v) is 3.28. The van der Waals surface area contributed by atoms with Gasteiger partial charge in [0, 0.05) is 18.8 Å². The number of nitrogens with zero attached hydrogens (tertiary/aromatic N) is 2. The topological polar surface area (TPSA) is 130 Å². The number of carbonyl (C=O) groups excluding carboxylic acids is 3. The smallest absolute Gasteiger partial charge is 0.358 e. The number of hydrogen-bond acceptors (Lipinski definition) is 5. The number of nitrogens with one attached hydrogen (secondary N) is 2. The third kappa shape index (κ3) is 2.44. The highest BCUT2D eigenvalue weighted by Crippen LogP contribution is 2.19. The molecule has 116 valence electrons. The van der Waals surface area contributed by atoms with Crippen molar-refractivity contribution in [3.8, 4) is 0 Å².